The second-order valence-corrected chi connectivity index (χ2v) is 3.60. The van der Waals surface area contributed by atoms with Crippen molar-refractivity contribution >= 4 is 29.6 Å². The summed E-state index contributed by atoms with van der Waals surface area (Å²) in [5.41, 5.74) is 0.381. The minimum absolute atomic E-state index is 0.156. The summed E-state index contributed by atoms with van der Waals surface area (Å²) in [5.74, 6) is -0.439. The van der Waals surface area contributed by atoms with Gasteiger partial charge in [0.15, 0.2) is 5.82 Å². The molecule has 0 fully saturated rings. The highest BCUT2D eigenvalue weighted by atomic mass is 16.2. The third kappa shape index (κ3) is 3.74. The largest absolute Gasteiger partial charge is 0.323 e. The molecular weight excluding hydrogens is 246 g/mol. The van der Waals surface area contributed by atoms with Crippen molar-refractivity contribution in [3.8, 4) is 0 Å². The molecule has 1 heterocycles. The molecule has 6 heteroatoms. The van der Waals surface area contributed by atoms with E-state index in [1.54, 1.807) is 19.1 Å². The number of anilines is 2. The van der Waals surface area contributed by atoms with Gasteiger partial charge >= 0.3 is 0 Å². The highest BCUT2D eigenvalue weighted by Gasteiger charge is 2.18. The van der Waals surface area contributed by atoms with Crippen molar-refractivity contribution in [2.24, 2.45) is 0 Å². The van der Waals surface area contributed by atoms with Gasteiger partial charge in [-0.15, -0.1) is 0 Å². The lowest BCUT2D eigenvalue weighted by atomic mass is 10.3. The quantitative estimate of drug-likeness (QED) is 0.615. The number of hydrogen-bond acceptors (Lipinski definition) is 4. The monoisotopic (exact) mass is 261 g/mol. The molecule has 100 valence electrons. The Morgan fingerprint density at radius 2 is 2.26 bits per heavy atom. The van der Waals surface area contributed by atoms with Crippen LogP contribution >= 0.6 is 0 Å². The lowest BCUT2D eigenvalue weighted by molar-refractivity contribution is -0.116. The molecule has 0 unspecified atom stereocenters. The van der Waals surface area contributed by atoms with Gasteiger partial charge in [-0.1, -0.05) is 13.5 Å². The van der Waals surface area contributed by atoms with Gasteiger partial charge in [0, 0.05) is 12.6 Å². The predicted octanol–water partition coefficient (Wildman–Crippen LogP) is 1.15. The van der Waals surface area contributed by atoms with Crippen LogP contribution in [0.4, 0.5) is 11.5 Å². The van der Waals surface area contributed by atoms with Crippen LogP contribution in [0, 0.1) is 0 Å². The van der Waals surface area contributed by atoms with Crippen LogP contribution < -0.4 is 10.2 Å². The minimum atomic E-state index is -0.460. The van der Waals surface area contributed by atoms with E-state index in [0.717, 1.165) is 11.0 Å². The number of amides is 2. The van der Waals surface area contributed by atoms with Crippen molar-refractivity contribution in [2.75, 3.05) is 16.8 Å². The molecular formula is C13H15N3O3. The summed E-state index contributed by atoms with van der Waals surface area (Å²) < 4.78 is 0. The molecule has 0 aliphatic heterocycles. The number of carbonyl (C=O) groups excluding carboxylic acids is 3. The summed E-state index contributed by atoms with van der Waals surface area (Å²) in [5, 5.41) is 2.63. The van der Waals surface area contributed by atoms with Crippen LogP contribution in [0.3, 0.4) is 0 Å². The van der Waals surface area contributed by atoms with Crippen molar-refractivity contribution < 1.29 is 14.4 Å². The van der Waals surface area contributed by atoms with Crippen molar-refractivity contribution in [3.05, 3.63) is 31.0 Å². The van der Waals surface area contributed by atoms with Crippen LogP contribution in [0.15, 0.2) is 31.0 Å². The van der Waals surface area contributed by atoms with E-state index in [9.17, 15) is 14.4 Å². The Kier molecular flexibility index (Phi) is 5.40. The number of nitrogens with one attached hydrogen (secondary N) is 1. The van der Waals surface area contributed by atoms with Crippen LogP contribution in [0.1, 0.15) is 13.3 Å². The number of hydrogen-bond donors (Lipinski definition) is 1. The fourth-order valence-electron chi connectivity index (χ4n) is 1.41. The number of carbonyl (C=O) groups is 3. The summed E-state index contributed by atoms with van der Waals surface area (Å²) in [6, 6.07) is 3.25. The van der Waals surface area contributed by atoms with Gasteiger partial charge in [0.05, 0.1) is 12.2 Å². The molecule has 0 saturated heterocycles. The normalized spacial score (nSPS) is 9.53. The molecule has 1 aromatic heterocycles. The smallest absolute Gasteiger partial charge is 0.252 e. The highest BCUT2D eigenvalue weighted by Crippen LogP contribution is 2.22. The highest BCUT2D eigenvalue weighted by molar-refractivity contribution is 6.05. The first kappa shape index (κ1) is 14.6. The van der Waals surface area contributed by atoms with Gasteiger partial charge in [-0.3, -0.25) is 14.5 Å². The molecule has 2 amide bonds. The maximum Gasteiger partial charge on any atom is 0.252 e. The SMILES string of the molecule is C=CC(=O)N(CC=O)c1ncccc1NC(=O)CC. The summed E-state index contributed by atoms with van der Waals surface area (Å²) in [6.07, 6.45) is 3.45. The van der Waals surface area contributed by atoms with E-state index in [1.807, 2.05) is 0 Å². The molecule has 1 aromatic rings. The van der Waals surface area contributed by atoms with Gasteiger partial charge in [0.2, 0.25) is 5.91 Å². The molecule has 0 radical (unpaired) electrons. The topological polar surface area (TPSA) is 79.4 Å². The lowest BCUT2D eigenvalue weighted by Crippen LogP contribution is -2.32. The molecule has 1 N–H and O–H groups in total. The van der Waals surface area contributed by atoms with Crippen LogP contribution in [0.5, 0.6) is 0 Å². The second kappa shape index (κ2) is 7.05. The molecule has 0 atom stereocenters. The molecule has 6 nitrogen and oxygen atoms in total. The first-order chi connectivity index (χ1) is 9.13. The van der Waals surface area contributed by atoms with E-state index in [1.165, 1.54) is 6.20 Å². The third-order valence-electron chi connectivity index (χ3n) is 2.34. The summed E-state index contributed by atoms with van der Waals surface area (Å²) in [6.45, 7) is 4.93. The molecule has 19 heavy (non-hydrogen) atoms. The average molecular weight is 261 g/mol. The van der Waals surface area contributed by atoms with Gasteiger partial charge in [-0.05, 0) is 18.2 Å². The van der Waals surface area contributed by atoms with E-state index >= 15 is 0 Å². The summed E-state index contributed by atoms with van der Waals surface area (Å²) in [7, 11) is 0. The van der Waals surface area contributed by atoms with Crippen LogP contribution in [0.25, 0.3) is 0 Å². The molecule has 0 bridgehead atoms. The third-order valence-corrected chi connectivity index (χ3v) is 2.34. The van der Waals surface area contributed by atoms with Crippen LogP contribution in [-0.2, 0) is 14.4 Å². The van der Waals surface area contributed by atoms with E-state index in [0.29, 0.717) is 18.4 Å². The second-order valence-electron chi connectivity index (χ2n) is 3.60. The average Bonchev–Trinajstić information content (AvgIpc) is 2.44. The van der Waals surface area contributed by atoms with E-state index in [4.69, 9.17) is 0 Å². The van der Waals surface area contributed by atoms with Crippen molar-refractivity contribution in [1.82, 2.24) is 4.98 Å². The van der Waals surface area contributed by atoms with E-state index in [-0.39, 0.29) is 18.3 Å². The Morgan fingerprint density at radius 1 is 1.53 bits per heavy atom. The Labute approximate surface area is 111 Å². The molecule has 0 spiro atoms. The van der Waals surface area contributed by atoms with Crippen molar-refractivity contribution in [2.45, 2.75) is 13.3 Å². The number of aromatic nitrogens is 1. The fraction of sp³-hybridized carbons (Fsp3) is 0.231. The van der Waals surface area contributed by atoms with Gasteiger partial charge < -0.3 is 10.1 Å². The summed E-state index contributed by atoms with van der Waals surface area (Å²) >= 11 is 0. The van der Waals surface area contributed by atoms with Gasteiger partial charge in [-0.25, -0.2) is 4.98 Å². The van der Waals surface area contributed by atoms with Gasteiger partial charge in [0.25, 0.3) is 5.91 Å². The van der Waals surface area contributed by atoms with Gasteiger partial charge in [-0.2, -0.15) is 0 Å². The molecule has 0 aromatic carbocycles. The Balaban J connectivity index is 3.14. The molecule has 0 aliphatic rings. The van der Waals surface area contributed by atoms with E-state index < -0.39 is 5.91 Å². The zero-order chi connectivity index (χ0) is 14.3. The number of rotatable bonds is 6. The number of pyridine rings is 1. The molecule has 0 saturated carbocycles. The predicted molar refractivity (Wildman–Crippen MR) is 71.8 cm³/mol. The first-order valence-corrected chi connectivity index (χ1v) is 5.76. The summed E-state index contributed by atoms with van der Waals surface area (Å²) in [4.78, 5) is 39.0. The van der Waals surface area contributed by atoms with E-state index in [2.05, 4.69) is 16.9 Å². The van der Waals surface area contributed by atoms with Crippen molar-refractivity contribution in [3.63, 3.8) is 0 Å². The zero-order valence-corrected chi connectivity index (χ0v) is 10.6. The number of nitrogens with zero attached hydrogens (tertiary/aromatic N) is 2. The Morgan fingerprint density at radius 3 is 2.84 bits per heavy atom. The number of aldehydes is 1. The Bertz CT molecular complexity index is 500. The molecule has 0 aliphatic carbocycles. The van der Waals surface area contributed by atoms with Crippen molar-refractivity contribution in [1.29, 1.82) is 0 Å². The lowest BCUT2D eigenvalue weighted by Gasteiger charge is -2.20. The van der Waals surface area contributed by atoms with Gasteiger partial charge in [0.1, 0.15) is 6.29 Å². The maximum absolute atomic E-state index is 11.7. The zero-order valence-electron chi connectivity index (χ0n) is 10.6. The fourth-order valence-corrected chi connectivity index (χ4v) is 1.41. The Hall–Kier alpha value is -2.50. The van der Waals surface area contributed by atoms with Crippen LogP contribution in [-0.4, -0.2) is 29.6 Å². The van der Waals surface area contributed by atoms with Crippen LogP contribution in [0.2, 0.25) is 0 Å². The molecule has 1 rings (SSSR count). The maximum atomic E-state index is 11.7. The minimum Gasteiger partial charge on any atom is -0.323 e. The first-order valence-electron chi connectivity index (χ1n) is 5.76. The standard InChI is InChI=1S/C13H15N3O3/c1-3-11(18)15-10-6-5-7-14-13(10)16(8-9-17)12(19)4-2/h4-7,9H,2-3,8H2,1H3,(H,15,18).